The van der Waals surface area contributed by atoms with Gasteiger partial charge < -0.3 is 15.6 Å². The third-order valence-electron chi connectivity index (χ3n) is 1.56. The van der Waals surface area contributed by atoms with Crippen molar-refractivity contribution in [3.63, 3.8) is 0 Å². The van der Waals surface area contributed by atoms with Crippen molar-refractivity contribution in [3.8, 4) is 5.75 Å². The van der Waals surface area contributed by atoms with Crippen molar-refractivity contribution >= 4 is 23.3 Å². The van der Waals surface area contributed by atoms with Crippen LogP contribution in [0.2, 0.25) is 5.02 Å². The zero-order valence-corrected chi connectivity index (χ0v) is 7.96. The smallest absolute Gasteiger partial charge is 0.387 e. The molecule has 82 valence electrons. The molecule has 0 spiro atoms. The fourth-order valence-electron chi connectivity index (χ4n) is 0.997. The molecule has 0 bridgehead atoms. The lowest BCUT2D eigenvalue weighted by molar-refractivity contribution is -0.0502. The number of aromatic carboxylic acids is 1. The van der Waals surface area contributed by atoms with Crippen LogP contribution in [0.1, 0.15) is 10.4 Å². The number of rotatable bonds is 3. The van der Waals surface area contributed by atoms with Crippen LogP contribution in [0.25, 0.3) is 0 Å². The number of hydrogen-bond acceptors (Lipinski definition) is 3. The molecular weight excluding hydrogens is 232 g/mol. The summed E-state index contributed by atoms with van der Waals surface area (Å²) < 4.78 is 27.9. The van der Waals surface area contributed by atoms with Crippen LogP contribution in [-0.4, -0.2) is 17.7 Å². The van der Waals surface area contributed by atoms with Gasteiger partial charge in [-0.05, 0) is 12.1 Å². The molecular formula is C8H6ClF2NO3. The van der Waals surface area contributed by atoms with Crippen LogP contribution >= 0.6 is 11.6 Å². The molecule has 0 heterocycles. The second-order valence-corrected chi connectivity index (χ2v) is 2.93. The zero-order chi connectivity index (χ0) is 11.6. The zero-order valence-electron chi connectivity index (χ0n) is 7.21. The molecule has 1 rings (SSSR count). The summed E-state index contributed by atoms with van der Waals surface area (Å²) in [7, 11) is 0. The Kier molecular flexibility index (Phi) is 3.31. The van der Waals surface area contributed by atoms with E-state index in [2.05, 4.69) is 4.74 Å². The van der Waals surface area contributed by atoms with Gasteiger partial charge in [-0.2, -0.15) is 8.78 Å². The molecule has 1 aromatic carbocycles. The quantitative estimate of drug-likeness (QED) is 0.791. The highest BCUT2D eigenvalue weighted by atomic mass is 35.5. The number of alkyl halides is 2. The van der Waals surface area contributed by atoms with Crippen molar-refractivity contribution < 1.29 is 23.4 Å². The molecule has 3 N–H and O–H groups in total. The van der Waals surface area contributed by atoms with Crippen molar-refractivity contribution in [2.24, 2.45) is 0 Å². The molecule has 0 radical (unpaired) electrons. The van der Waals surface area contributed by atoms with Gasteiger partial charge in [-0.1, -0.05) is 11.6 Å². The Morgan fingerprint density at radius 1 is 1.53 bits per heavy atom. The summed E-state index contributed by atoms with van der Waals surface area (Å²) in [4.78, 5) is 10.7. The van der Waals surface area contributed by atoms with Gasteiger partial charge in [0, 0.05) is 0 Å². The summed E-state index contributed by atoms with van der Waals surface area (Å²) in [6.07, 6.45) is 0. The maximum atomic E-state index is 12.0. The standard InChI is InChI=1S/C8H6ClF2NO3/c9-3-1-2-4(12)5(7(13)14)6(3)15-8(10)11/h1-2,8H,12H2,(H,13,14). The third kappa shape index (κ3) is 2.47. The molecule has 0 atom stereocenters. The van der Waals surface area contributed by atoms with Gasteiger partial charge in [0.2, 0.25) is 0 Å². The molecule has 0 aliphatic rings. The van der Waals surface area contributed by atoms with Crippen LogP contribution in [0.5, 0.6) is 5.75 Å². The van der Waals surface area contributed by atoms with E-state index in [4.69, 9.17) is 22.4 Å². The van der Waals surface area contributed by atoms with E-state index in [-0.39, 0.29) is 10.7 Å². The average molecular weight is 238 g/mol. The SMILES string of the molecule is Nc1ccc(Cl)c(OC(F)F)c1C(=O)O. The Morgan fingerprint density at radius 2 is 2.13 bits per heavy atom. The Hall–Kier alpha value is -1.56. The minimum absolute atomic E-state index is 0.192. The maximum Gasteiger partial charge on any atom is 0.387 e. The number of halogens is 3. The van der Waals surface area contributed by atoms with E-state index in [0.717, 1.165) is 0 Å². The van der Waals surface area contributed by atoms with Crippen molar-refractivity contribution in [2.45, 2.75) is 6.61 Å². The summed E-state index contributed by atoms with van der Waals surface area (Å²) in [6, 6.07) is 2.38. The highest BCUT2D eigenvalue weighted by Gasteiger charge is 2.21. The number of ether oxygens (including phenoxy) is 1. The number of nitrogens with two attached hydrogens (primary N) is 1. The Morgan fingerprint density at radius 3 is 2.60 bits per heavy atom. The largest absolute Gasteiger partial charge is 0.477 e. The number of benzene rings is 1. The lowest BCUT2D eigenvalue weighted by Gasteiger charge is -2.11. The second kappa shape index (κ2) is 4.31. The molecule has 1 aromatic rings. The summed E-state index contributed by atoms with van der Waals surface area (Å²) in [5, 5.41) is 8.49. The van der Waals surface area contributed by atoms with E-state index < -0.39 is 23.9 Å². The molecule has 0 aliphatic heterocycles. The monoisotopic (exact) mass is 237 g/mol. The van der Waals surface area contributed by atoms with Crippen molar-refractivity contribution in [1.82, 2.24) is 0 Å². The van der Waals surface area contributed by atoms with E-state index >= 15 is 0 Å². The average Bonchev–Trinajstić information content (AvgIpc) is 2.10. The highest BCUT2D eigenvalue weighted by molar-refractivity contribution is 6.32. The first-order valence-corrected chi connectivity index (χ1v) is 4.07. The number of carboxylic acid groups (broad SMARTS) is 1. The number of anilines is 1. The van der Waals surface area contributed by atoms with E-state index in [1.807, 2.05) is 0 Å². The topological polar surface area (TPSA) is 72.5 Å². The molecule has 15 heavy (non-hydrogen) atoms. The number of carboxylic acids is 1. The van der Waals surface area contributed by atoms with Crippen LogP contribution in [0.15, 0.2) is 12.1 Å². The molecule has 4 nitrogen and oxygen atoms in total. The molecule has 7 heteroatoms. The lowest BCUT2D eigenvalue weighted by Crippen LogP contribution is -2.10. The summed E-state index contributed by atoms with van der Waals surface area (Å²) in [6.45, 7) is -3.16. The van der Waals surface area contributed by atoms with Crippen LogP contribution < -0.4 is 10.5 Å². The fraction of sp³-hybridized carbons (Fsp3) is 0.125. The van der Waals surface area contributed by atoms with E-state index in [1.54, 1.807) is 0 Å². The minimum atomic E-state index is -3.16. The van der Waals surface area contributed by atoms with Crippen LogP contribution in [0.4, 0.5) is 14.5 Å². The Balaban J connectivity index is 3.31. The molecule has 0 fully saturated rings. The van der Waals surface area contributed by atoms with Gasteiger partial charge in [0.25, 0.3) is 0 Å². The van der Waals surface area contributed by atoms with Gasteiger partial charge in [-0.3, -0.25) is 0 Å². The maximum absolute atomic E-state index is 12.0. The molecule has 0 aromatic heterocycles. The molecule has 0 amide bonds. The van der Waals surface area contributed by atoms with E-state index in [1.165, 1.54) is 12.1 Å². The van der Waals surface area contributed by atoms with Gasteiger partial charge in [0.15, 0.2) is 5.75 Å². The van der Waals surface area contributed by atoms with Gasteiger partial charge >= 0.3 is 12.6 Å². The Bertz CT molecular complexity index is 398. The van der Waals surface area contributed by atoms with Gasteiger partial charge in [-0.25, -0.2) is 4.79 Å². The van der Waals surface area contributed by atoms with Crippen LogP contribution in [0, 0.1) is 0 Å². The van der Waals surface area contributed by atoms with Crippen LogP contribution in [-0.2, 0) is 0 Å². The van der Waals surface area contributed by atoms with Gasteiger partial charge in [-0.15, -0.1) is 0 Å². The summed E-state index contributed by atoms with van der Waals surface area (Å²) in [5.41, 5.74) is 4.54. The fourth-order valence-corrected chi connectivity index (χ4v) is 1.20. The van der Waals surface area contributed by atoms with E-state index in [9.17, 15) is 13.6 Å². The third-order valence-corrected chi connectivity index (χ3v) is 1.86. The van der Waals surface area contributed by atoms with E-state index in [0.29, 0.717) is 0 Å². The number of carbonyl (C=O) groups is 1. The van der Waals surface area contributed by atoms with Crippen molar-refractivity contribution in [2.75, 3.05) is 5.73 Å². The van der Waals surface area contributed by atoms with Crippen molar-refractivity contribution in [1.29, 1.82) is 0 Å². The summed E-state index contributed by atoms with van der Waals surface area (Å²) >= 11 is 5.51. The molecule has 0 saturated carbocycles. The molecule has 0 aliphatic carbocycles. The minimum Gasteiger partial charge on any atom is -0.477 e. The predicted octanol–water partition coefficient (Wildman–Crippen LogP) is 2.22. The second-order valence-electron chi connectivity index (χ2n) is 2.52. The predicted molar refractivity (Wildman–Crippen MR) is 49.5 cm³/mol. The number of hydrogen-bond donors (Lipinski definition) is 2. The molecule has 0 unspecified atom stereocenters. The number of nitrogen functional groups attached to an aromatic ring is 1. The first kappa shape index (κ1) is 11.5. The summed E-state index contributed by atoms with van der Waals surface area (Å²) in [5.74, 6) is -2.11. The van der Waals surface area contributed by atoms with Gasteiger partial charge in [0.1, 0.15) is 5.56 Å². The van der Waals surface area contributed by atoms with Crippen LogP contribution in [0.3, 0.4) is 0 Å². The molecule has 0 saturated heterocycles. The first-order valence-electron chi connectivity index (χ1n) is 3.69. The first-order chi connectivity index (χ1) is 6.93. The normalized spacial score (nSPS) is 10.4. The van der Waals surface area contributed by atoms with Gasteiger partial charge in [0.05, 0.1) is 10.7 Å². The Labute approximate surface area is 88.2 Å². The highest BCUT2D eigenvalue weighted by Crippen LogP contribution is 2.33. The van der Waals surface area contributed by atoms with Crippen molar-refractivity contribution in [3.05, 3.63) is 22.7 Å². The lowest BCUT2D eigenvalue weighted by atomic mass is 10.1.